The van der Waals surface area contributed by atoms with Gasteiger partial charge < -0.3 is 4.90 Å². The van der Waals surface area contributed by atoms with E-state index in [-0.39, 0.29) is 5.57 Å². The molecule has 4 amide bonds. The topological polar surface area (TPSA) is 69.7 Å². The van der Waals surface area contributed by atoms with Crippen molar-refractivity contribution in [3.63, 3.8) is 0 Å². The molecule has 2 aromatic carbocycles. The molecule has 0 saturated carbocycles. The van der Waals surface area contributed by atoms with E-state index in [1.807, 2.05) is 44.2 Å². The summed E-state index contributed by atoms with van der Waals surface area (Å²) in [5, 5.41) is 2.26. The molecule has 1 N–H and O–H groups in total. The van der Waals surface area contributed by atoms with Crippen molar-refractivity contribution >= 4 is 35.3 Å². The molecule has 29 heavy (non-hydrogen) atoms. The number of aryl methyl sites for hydroxylation is 2. The highest BCUT2D eigenvalue weighted by molar-refractivity contribution is 6.39. The molecule has 0 bridgehead atoms. The van der Waals surface area contributed by atoms with Crippen molar-refractivity contribution in [2.75, 3.05) is 22.9 Å². The Balaban J connectivity index is 1.93. The second-order valence-corrected chi connectivity index (χ2v) is 6.99. The summed E-state index contributed by atoms with van der Waals surface area (Å²) in [6.45, 7) is 9.82. The highest BCUT2D eigenvalue weighted by atomic mass is 16.2. The van der Waals surface area contributed by atoms with Crippen LogP contribution in [0.25, 0.3) is 6.08 Å². The summed E-state index contributed by atoms with van der Waals surface area (Å²) in [7, 11) is 0. The molecule has 1 aliphatic heterocycles. The Morgan fingerprint density at radius 1 is 0.931 bits per heavy atom. The number of amides is 4. The fourth-order valence-corrected chi connectivity index (χ4v) is 3.29. The van der Waals surface area contributed by atoms with E-state index in [1.54, 1.807) is 12.1 Å². The van der Waals surface area contributed by atoms with Crippen LogP contribution in [0, 0.1) is 13.8 Å². The van der Waals surface area contributed by atoms with Gasteiger partial charge in [0, 0.05) is 18.8 Å². The van der Waals surface area contributed by atoms with Gasteiger partial charge in [-0.3, -0.25) is 14.9 Å². The first-order chi connectivity index (χ1) is 13.8. The highest BCUT2D eigenvalue weighted by Crippen LogP contribution is 2.24. The van der Waals surface area contributed by atoms with Crippen LogP contribution in [-0.4, -0.2) is 30.9 Å². The molecule has 2 aromatic rings. The lowest BCUT2D eigenvalue weighted by atomic mass is 10.0. The highest BCUT2D eigenvalue weighted by Gasteiger charge is 2.36. The van der Waals surface area contributed by atoms with E-state index >= 15 is 0 Å². The van der Waals surface area contributed by atoms with Crippen LogP contribution in [0.15, 0.2) is 48.0 Å². The number of rotatable bonds is 5. The SMILES string of the molecule is CCN(CC)c1ccc(/C=C2\C(=O)NC(=O)N(c3ccc(C)c(C)c3)C2=O)cc1. The summed E-state index contributed by atoms with van der Waals surface area (Å²) < 4.78 is 0. The van der Waals surface area contributed by atoms with Gasteiger partial charge in [-0.05, 0) is 74.7 Å². The normalized spacial score (nSPS) is 15.7. The zero-order chi connectivity index (χ0) is 21.1. The van der Waals surface area contributed by atoms with Gasteiger partial charge in [0.1, 0.15) is 5.57 Å². The third kappa shape index (κ3) is 4.06. The van der Waals surface area contributed by atoms with Crippen LogP contribution >= 0.6 is 0 Å². The van der Waals surface area contributed by atoms with Gasteiger partial charge in [0.15, 0.2) is 0 Å². The molecule has 6 heteroatoms. The molecule has 3 rings (SSSR count). The second-order valence-electron chi connectivity index (χ2n) is 6.99. The predicted octanol–water partition coefficient (Wildman–Crippen LogP) is 3.82. The minimum Gasteiger partial charge on any atom is -0.372 e. The zero-order valence-corrected chi connectivity index (χ0v) is 17.2. The molecule has 0 radical (unpaired) electrons. The fraction of sp³-hybridized carbons (Fsp3) is 0.261. The van der Waals surface area contributed by atoms with E-state index in [0.29, 0.717) is 11.3 Å². The number of anilines is 2. The first kappa shape index (κ1) is 20.3. The minimum absolute atomic E-state index is 0.0709. The lowest BCUT2D eigenvalue weighted by Gasteiger charge is -2.27. The van der Waals surface area contributed by atoms with Crippen LogP contribution in [0.2, 0.25) is 0 Å². The van der Waals surface area contributed by atoms with Crippen LogP contribution in [0.1, 0.15) is 30.5 Å². The number of benzene rings is 2. The van der Waals surface area contributed by atoms with Crippen molar-refractivity contribution in [3.8, 4) is 0 Å². The van der Waals surface area contributed by atoms with Gasteiger partial charge in [-0.1, -0.05) is 18.2 Å². The summed E-state index contributed by atoms with van der Waals surface area (Å²) in [6, 6.07) is 12.2. The molecule has 1 heterocycles. The van der Waals surface area contributed by atoms with E-state index < -0.39 is 17.8 Å². The van der Waals surface area contributed by atoms with E-state index in [0.717, 1.165) is 34.8 Å². The van der Waals surface area contributed by atoms with E-state index in [9.17, 15) is 14.4 Å². The van der Waals surface area contributed by atoms with Crippen molar-refractivity contribution < 1.29 is 14.4 Å². The minimum atomic E-state index is -0.739. The van der Waals surface area contributed by atoms with Crippen molar-refractivity contribution in [2.24, 2.45) is 0 Å². The van der Waals surface area contributed by atoms with Gasteiger partial charge in [-0.2, -0.15) is 0 Å². The molecule has 1 fully saturated rings. The van der Waals surface area contributed by atoms with E-state index in [4.69, 9.17) is 0 Å². The number of imide groups is 2. The van der Waals surface area contributed by atoms with Gasteiger partial charge >= 0.3 is 6.03 Å². The molecule has 150 valence electrons. The maximum absolute atomic E-state index is 13.0. The van der Waals surface area contributed by atoms with Crippen LogP contribution in [0.3, 0.4) is 0 Å². The third-order valence-corrected chi connectivity index (χ3v) is 5.18. The zero-order valence-electron chi connectivity index (χ0n) is 17.2. The summed E-state index contributed by atoms with van der Waals surface area (Å²) in [6.07, 6.45) is 1.52. The maximum Gasteiger partial charge on any atom is 0.335 e. The van der Waals surface area contributed by atoms with Crippen molar-refractivity contribution in [1.82, 2.24) is 5.32 Å². The number of barbiturate groups is 1. The molecule has 1 aliphatic rings. The number of nitrogens with one attached hydrogen (secondary N) is 1. The smallest absolute Gasteiger partial charge is 0.335 e. The number of hydrogen-bond acceptors (Lipinski definition) is 4. The number of nitrogens with zero attached hydrogens (tertiary/aromatic N) is 2. The number of urea groups is 1. The summed E-state index contributed by atoms with van der Waals surface area (Å²) in [5.41, 5.74) is 4.16. The van der Waals surface area contributed by atoms with E-state index in [2.05, 4.69) is 24.1 Å². The number of carbonyl (C=O) groups is 3. The standard InChI is InChI=1S/C23H25N3O3/c1-5-25(6-2)18-11-8-17(9-12-18)14-20-21(27)24-23(29)26(22(20)28)19-10-7-15(3)16(4)13-19/h7-14H,5-6H2,1-4H3,(H,24,27,29)/b20-14+. The maximum atomic E-state index is 13.0. The quantitative estimate of drug-likeness (QED) is 0.621. The summed E-state index contributed by atoms with van der Waals surface area (Å²) in [4.78, 5) is 40.9. The Kier molecular flexibility index (Phi) is 5.82. The van der Waals surface area contributed by atoms with Gasteiger partial charge in [-0.25, -0.2) is 9.69 Å². The second kappa shape index (κ2) is 8.31. The number of hydrogen-bond donors (Lipinski definition) is 1. The third-order valence-electron chi connectivity index (χ3n) is 5.18. The Bertz CT molecular complexity index is 989. The number of carbonyl (C=O) groups excluding carboxylic acids is 3. The molecule has 0 unspecified atom stereocenters. The predicted molar refractivity (Wildman–Crippen MR) is 115 cm³/mol. The van der Waals surface area contributed by atoms with Crippen LogP contribution < -0.4 is 15.1 Å². The average molecular weight is 391 g/mol. The van der Waals surface area contributed by atoms with Crippen molar-refractivity contribution in [3.05, 3.63) is 64.7 Å². The van der Waals surface area contributed by atoms with Crippen LogP contribution in [-0.2, 0) is 9.59 Å². The average Bonchev–Trinajstić information content (AvgIpc) is 2.70. The molecule has 1 saturated heterocycles. The Morgan fingerprint density at radius 3 is 2.17 bits per heavy atom. The van der Waals surface area contributed by atoms with Gasteiger partial charge in [0.05, 0.1) is 5.69 Å². The van der Waals surface area contributed by atoms with Crippen molar-refractivity contribution in [2.45, 2.75) is 27.7 Å². The summed E-state index contributed by atoms with van der Waals surface area (Å²) in [5.74, 6) is -1.32. The first-order valence-electron chi connectivity index (χ1n) is 9.69. The lowest BCUT2D eigenvalue weighted by Crippen LogP contribution is -2.54. The Morgan fingerprint density at radius 2 is 1.59 bits per heavy atom. The molecule has 0 spiro atoms. The van der Waals surface area contributed by atoms with Gasteiger partial charge in [0.25, 0.3) is 11.8 Å². The molecule has 0 aromatic heterocycles. The van der Waals surface area contributed by atoms with Crippen LogP contribution in [0.4, 0.5) is 16.2 Å². The molecular formula is C23H25N3O3. The summed E-state index contributed by atoms with van der Waals surface area (Å²) >= 11 is 0. The lowest BCUT2D eigenvalue weighted by molar-refractivity contribution is -0.122. The first-order valence-corrected chi connectivity index (χ1v) is 9.69. The van der Waals surface area contributed by atoms with Crippen LogP contribution in [0.5, 0.6) is 0 Å². The van der Waals surface area contributed by atoms with Gasteiger partial charge in [0.2, 0.25) is 0 Å². The fourth-order valence-electron chi connectivity index (χ4n) is 3.29. The van der Waals surface area contributed by atoms with Gasteiger partial charge in [-0.15, -0.1) is 0 Å². The Hall–Kier alpha value is -3.41. The largest absolute Gasteiger partial charge is 0.372 e. The van der Waals surface area contributed by atoms with Crippen molar-refractivity contribution in [1.29, 1.82) is 0 Å². The molecule has 0 aliphatic carbocycles. The molecule has 0 atom stereocenters. The molecule has 6 nitrogen and oxygen atoms in total. The monoisotopic (exact) mass is 391 g/mol. The Labute approximate surface area is 170 Å². The molecular weight excluding hydrogens is 366 g/mol. The van der Waals surface area contributed by atoms with E-state index in [1.165, 1.54) is 6.08 Å².